The SMILES string of the molecule is COC(=O)c1cccc(C(=O)N[C@@H](C(=O)O)C(c2ccccc2)c2ccccc2)c1. The smallest absolute Gasteiger partial charge is 0.337 e. The molecule has 0 heterocycles. The van der Waals surface area contributed by atoms with Crippen molar-refractivity contribution in [3.8, 4) is 0 Å². The Hall–Kier alpha value is -3.93. The minimum Gasteiger partial charge on any atom is -0.480 e. The van der Waals surface area contributed by atoms with E-state index in [4.69, 9.17) is 0 Å². The van der Waals surface area contributed by atoms with Crippen molar-refractivity contribution >= 4 is 17.8 Å². The van der Waals surface area contributed by atoms with E-state index < -0.39 is 29.8 Å². The Balaban J connectivity index is 1.96. The number of carboxylic acids is 1. The molecule has 0 fully saturated rings. The van der Waals surface area contributed by atoms with E-state index in [0.717, 1.165) is 11.1 Å². The summed E-state index contributed by atoms with van der Waals surface area (Å²) in [6.45, 7) is 0. The van der Waals surface area contributed by atoms with Gasteiger partial charge in [0.25, 0.3) is 5.91 Å². The fourth-order valence-corrected chi connectivity index (χ4v) is 3.32. The van der Waals surface area contributed by atoms with Crippen molar-refractivity contribution in [2.24, 2.45) is 0 Å². The van der Waals surface area contributed by atoms with Gasteiger partial charge in [0.1, 0.15) is 6.04 Å². The Morgan fingerprint density at radius 3 is 1.83 bits per heavy atom. The normalized spacial score (nSPS) is 11.5. The van der Waals surface area contributed by atoms with Gasteiger partial charge in [-0.2, -0.15) is 0 Å². The third-order valence-electron chi connectivity index (χ3n) is 4.75. The largest absolute Gasteiger partial charge is 0.480 e. The number of benzene rings is 3. The lowest BCUT2D eigenvalue weighted by molar-refractivity contribution is -0.139. The van der Waals surface area contributed by atoms with Crippen LogP contribution in [-0.4, -0.2) is 36.1 Å². The van der Waals surface area contributed by atoms with E-state index in [1.54, 1.807) is 6.07 Å². The molecule has 3 rings (SSSR count). The lowest BCUT2D eigenvalue weighted by Crippen LogP contribution is -2.45. The molecule has 3 aromatic carbocycles. The number of esters is 1. The van der Waals surface area contributed by atoms with Crippen LogP contribution in [0.3, 0.4) is 0 Å². The third kappa shape index (κ3) is 4.72. The lowest BCUT2D eigenvalue weighted by Gasteiger charge is -2.26. The zero-order chi connectivity index (χ0) is 21.5. The van der Waals surface area contributed by atoms with Gasteiger partial charge >= 0.3 is 11.9 Å². The van der Waals surface area contributed by atoms with E-state index >= 15 is 0 Å². The van der Waals surface area contributed by atoms with E-state index in [9.17, 15) is 19.5 Å². The second-order valence-corrected chi connectivity index (χ2v) is 6.66. The number of carbonyl (C=O) groups excluding carboxylic acids is 2. The summed E-state index contributed by atoms with van der Waals surface area (Å²) >= 11 is 0. The van der Waals surface area contributed by atoms with E-state index in [-0.39, 0.29) is 11.1 Å². The first-order valence-corrected chi connectivity index (χ1v) is 9.33. The van der Waals surface area contributed by atoms with E-state index in [0.29, 0.717) is 0 Å². The molecule has 0 radical (unpaired) electrons. The zero-order valence-electron chi connectivity index (χ0n) is 16.3. The van der Waals surface area contributed by atoms with Gasteiger partial charge < -0.3 is 15.2 Å². The highest BCUT2D eigenvalue weighted by Gasteiger charge is 2.32. The highest BCUT2D eigenvalue weighted by atomic mass is 16.5. The van der Waals surface area contributed by atoms with Crippen LogP contribution >= 0.6 is 0 Å². The molecule has 0 unspecified atom stereocenters. The van der Waals surface area contributed by atoms with Crippen LogP contribution in [0.5, 0.6) is 0 Å². The van der Waals surface area contributed by atoms with Crippen LogP contribution in [0.25, 0.3) is 0 Å². The molecule has 1 amide bonds. The average Bonchev–Trinajstić information content (AvgIpc) is 2.79. The van der Waals surface area contributed by atoms with Crippen molar-refractivity contribution in [2.75, 3.05) is 7.11 Å². The number of carboxylic acid groups (broad SMARTS) is 1. The monoisotopic (exact) mass is 403 g/mol. The molecule has 30 heavy (non-hydrogen) atoms. The van der Waals surface area contributed by atoms with Gasteiger partial charge in [-0.05, 0) is 29.3 Å². The Morgan fingerprint density at radius 1 is 0.800 bits per heavy atom. The quantitative estimate of drug-likeness (QED) is 0.589. The first-order chi connectivity index (χ1) is 14.5. The maximum atomic E-state index is 12.9. The van der Waals surface area contributed by atoms with Crippen molar-refractivity contribution in [2.45, 2.75) is 12.0 Å². The summed E-state index contributed by atoms with van der Waals surface area (Å²) in [5.41, 5.74) is 1.91. The summed E-state index contributed by atoms with van der Waals surface area (Å²) in [4.78, 5) is 36.8. The van der Waals surface area contributed by atoms with Crippen LogP contribution in [0.1, 0.15) is 37.8 Å². The van der Waals surface area contributed by atoms with Crippen LogP contribution in [0.2, 0.25) is 0 Å². The van der Waals surface area contributed by atoms with Crippen LogP contribution in [-0.2, 0) is 9.53 Å². The van der Waals surface area contributed by atoms with Gasteiger partial charge in [-0.1, -0.05) is 66.7 Å². The number of nitrogens with one attached hydrogen (secondary N) is 1. The van der Waals surface area contributed by atoms with Gasteiger partial charge in [-0.3, -0.25) is 4.79 Å². The van der Waals surface area contributed by atoms with Crippen LogP contribution < -0.4 is 5.32 Å². The fourth-order valence-electron chi connectivity index (χ4n) is 3.32. The zero-order valence-corrected chi connectivity index (χ0v) is 16.3. The van der Waals surface area contributed by atoms with Crippen molar-refractivity contribution < 1.29 is 24.2 Å². The number of hydrogen-bond donors (Lipinski definition) is 2. The summed E-state index contributed by atoms with van der Waals surface area (Å²) < 4.78 is 4.68. The predicted molar refractivity (Wildman–Crippen MR) is 111 cm³/mol. The van der Waals surface area contributed by atoms with E-state index in [2.05, 4.69) is 10.1 Å². The van der Waals surface area contributed by atoms with Crippen molar-refractivity contribution in [1.29, 1.82) is 0 Å². The first kappa shape index (κ1) is 20.8. The number of rotatable bonds is 7. The van der Waals surface area contributed by atoms with Gasteiger partial charge in [-0.15, -0.1) is 0 Å². The van der Waals surface area contributed by atoms with Gasteiger partial charge in [0.2, 0.25) is 0 Å². The molecule has 152 valence electrons. The number of carbonyl (C=O) groups is 3. The molecule has 0 saturated heterocycles. The molecule has 6 heteroatoms. The second kappa shape index (κ2) is 9.52. The molecule has 2 N–H and O–H groups in total. The molecule has 0 bridgehead atoms. The van der Waals surface area contributed by atoms with E-state index in [1.165, 1.54) is 25.3 Å². The topological polar surface area (TPSA) is 92.7 Å². The summed E-state index contributed by atoms with van der Waals surface area (Å²) in [5.74, 6) is -2.93. The Labute approximate surface area is 174 Å². The van der Waals surface area contributed by atoms with Crippen molar-refractivity contribution in [3.63, 3.8) is 0 Å². The van der Waals surface area contributed by atoms with Gasteiger partial charge in [0.15, 0.2) is 0 Å². The second-order valence-electron chi connectivity index (χ2n) is 6.66. The molecule has 3 aromatic rings. The Kier molecular flexibility index (Phi) is 6.60. The Morgan fingerprint density at radius 2 is 1.33 bits per heavy atom. The Bertz CT molecular complexity index is 994. The predicted octanol–water partition coefficient (Wildman–Crippen LogP) is 3.49. The molecule has 0 saturated carbocycles. The average molecular weight is 403 g/mol. The fraction of sp³-hybridized carbons (Fsp3) is 0.125. The standard InChI is InChI=1S/C24H21NO5/c1-30-24(29)19-14-8-13-18(15-19)22(26)25-21(23(27)28)20(16-9-4-2-5-10-16)17-11-6-3-7-12-17/h2-15,20-21H,1H3,(H,25,26)(H,27,28)/t21-/m1/s1. The molecule has 0 spiro atoms. The number of aliphatic carboxylic acids is 1. The summed E-state index contributed by atoms with van der Waals surface area (Å²) in [6, 6.07) is 23.1. The minimum absolute atomic E-state index is 0.170. The lowest BCUT2D eigenvalue weighted by atomic mass is 9.85. The van der Waals surface area contributed by atoms with Gasteiger partial charge in [-0.25, -0.2) is 9.59 Å². The van der Waals surface area contributed by atoms with E-state index in [1.807, 2.05) is 60.7 Å². The molecule has 0 aliphatic rings. The maximum Gasteiger partial charge on any atom is 0.337 e. The molecule has 0 aromatic heterocycles. The molecule has 0 aliphatic heterocycles. The number of amides is 1. The summed E-state index contributed by atoms with van der Waals surface area (Å²) in [6.07, 6.45) is 0. The van der Waals surface area contributed by atoms with Crippen LogP contribution in [0, 0.1) is 0 Å². The van der Waals surface area contributed by atoms with Crippen LogP contribution in [0.4, 0.5) is 0 Å². The number of methoxy groups -OCH3 is 1. The van der Waals surface area contributed by atoms with Crippen LogP contribution in [0.15, 0.2) is 84.9 Å². The molecule has 6 nitrogen and oxygen atoms in total. The van der Waals surface area contributed by atoms with Crippen molar-refractivity contribution in [3.05, 3.63) is 107 Å². The highest BCUT2D eigenvalue weighted by Crippen LogP contribution is 2.28. The molecular formula is C24H21NO5. The molecular weight excluding hydrogens is 382 g/mol. The molecule has 1 atom stereocenters. The highest BCUT2D eigenvalue weighted by molar-refractivity contribution is 5.99. The first-order valence-electron chi connectivity index (χ1n) is 9.33. The molecule has 0 aliphatic carbocycles. The maximum absolute atomic E-state index is 12.9. The number of ether oxygens (including phenoxy) is 1. The summed E-state index contributed by atoms with van der Waals surface area (Å²) in [7, 11) is 1.25. The van der Waals surface area contributed by atoms with Gasteiger partial charge in [0.05, 0.1) is 12.7 Å². The summed E-state index contributed by atoms with van der Waals surface area (Å²) in [5, 5.41) is 12.6. The van der Waals surface area contributed by atoms with Crippen molar-refractivity contribution in [1.82, 2.24) is 5.32 Å². The number of hydrogen-bond acceptors (Lipinski definition) is 4. The third-order valence-corrected chi connectivity index (χ3v) is 4.75. The van der Waals surface area contributed by atoms with Gasteiger partial charge in [0, 0.05) is 11.5 Å². The minimum atomic E-state index is -1.22.